The smallest absolute Gasteiger partial charge is 0.231 e. The number of hydrogen-bond donors (Lipinski definition) is 1. The molecule has 1 N–H and O–H groups in total. The Morgan fingerprint density at radius 3 is 2.30 bits per heavy atom. The lowest BCUT2D eigenvalue weighted by Gasteiger charge is -2.20. The van der Waals surface area contributed by atoms with Gasteiger partial charge in [-0.3, -0.25) is 4.79 Å². The molecule has 0 radical (unpaired) electrons. The number of nitrogens with one attached hydrogen (secondary N) is 1. The molecule has 2 aromatic carbocycles. The van der Waals surface area contributed by atoms with Crippen LogP contribution in [0.5, 0.6) is 5.75 Å². The van der Waals surface area contributed by atoms with E-state index in [0.717, 1.165) is 5.56 Å². The topological polar surface area (TPSA) is 38.3 Å². The second kappa shape index (κ2) is 7.47. The molecule has 0 spiro atoms. The summed E-state index contributed by atoms with van der Waals surface area (Å²) < 4.78 is 18.4. The third kappa shape index (κ3) is 4.96. The van der Waals surface area contributed by atoms with E-state index in [1.54, 1.807) is 26.0 Å². The van der Waals surface area contributed by atoms with Gasteiger partial charge < -0.3 is 10.1 Å². The Kier molecular flexibility index (Phi) is 5.61. The maximum absolute atomic E-state index is 12.8. The summed E-state index contributed by atoms with van der Waals surface area (Å²) in [5.41, 5.74) is 1.04. The molecule has 0 aliphatic carbocycles. The molecule has 0 saturated heterocycles. The predicted octanol–water partition coefficient (Wildman–Crippen LogP) is 4.61. The highest BCUT2D eigenvalue weighted by Gasteiger charge is 2.26. The molecule has 0 fully saturated rings. The predicted molar refractivity (Wildman–Crippen MR) is 90.3 cm³/mol. The first-order chi connectivity index (χ1) is 10.9. The number of rotatable bonds is 6. The average Bonchev–Trinajstić information content (AvgIpc) is 2.55. The van der Waals surface area contributed by atoms with Gasteiger partial charge in [0.15, 0.2) is 0 Å². The number of hydrogen-bond acceptors (Lipinski definition) is 2. The molecule has 2 rings (SSSR count). The average molecular weight is 336 g/mol. The van der Waals surface area contributed by atoms with Crippen LogP contribution < -0.4 is 10.1 Å². The lowest BCUT2D eigenvalue weighted by atomic mass is 9.95. The largest absolute Gasteiger partial charge is 0.489 e. The van der Waals surface area contributed by atoms with Crippen molar-refractivity contribution in [1.29, 1.82) is 0 Å². The third-order valence-electron chi connectivity index (χ3n) is 3.38. The van der Waals surface area contributed by atoms with Gasteiger partial charge in [0.1, 0.15) is 18.2 Å². The molecule has 5 heteroatoms. The molecular formula is C18H19ClFNO2. The van der Waals surface area contributed by atoms with Crippen molar-refractivity contribution in [3.8, 4) is 5.75 Å². The zero-order valence-electron chi connectivity index (χ0n) is 13.1. The van der Waals surface area contributed by atoms with Crippen molar-refractivity contribution in [3.05, 3.63) is 59.9 Å². The molecule has 0 unspecified atom stereocenters. The summed E-state index contributed by atoms with van der Waals surface area (Å²) in [6.45, 7) is 3.95. The molecule has 0 bridgehead atoms. The van der Waals surface area contributed by atoms with E-state index < -0.39 is 5.41 Å². The van der Waals surface area contributed by atoms with Crippen LogP contribution in [0, 0.1) is 11.2 Å². The number of amides is 1. The Hall–Kier alpha value is -2.07. The number of halogens is 2. The van der Waals surface area contributed by atoms with Crippen LogP contribution in [-0.4, -0.2) is 11.8 Å². The highest BCUT2D eigenvalue weighted by atomic mass is 35.5. The molecule has 122 valence electrons. The fourth-order valence-electron chi connectivity index (χ4n) is 1.74. The quantitative estimate of drug-likeness (QED) is 0.783. The number of carbonyl (C=O) groups excluding carboxylic acids is 1. The van der Waals surface area contributed by atoms with Crippen LogP contribution in [0.1, 0.15) is 19.4 Å². The Balaban J connectivity index is 1.92. The highest BCUT2D eigenvalue weighted by molar-refractivity contribution is 6.20. The molecule has 3 nitrogen and oxygen atoms in total. The molecule has 0 heterocycles. The molecule has 23 heavy (non-hydrogen) atoms. The van der Waals surface area contributed by atoms with Gasteiger partial charge in [0.2, 0.25) is 5.91 Å². The summed E-state index contributed by atoms with van der Waals surface area (Å²) in [5.74, 6) is 0.440. The van der Waals surface area contributed by atoms with E-state index in [1.807, 2.05) is 24.3 Å². The molecule has 0 aliphatic rings. The van der Waals surface area contributed by atoms with Crippen molar-refractivity contribution in [1.82, 2.24) is 0 Å². The van der Waals surface area contributed by atoms with Gasteiger partial charge in [-0.2, -0.15) is 0 Å². The molecule has 1 amide bonds. The highest BCUT2D eigenvalue weighted by Crippen LogP contribution is 2.21. The van der Waals surface area contributed by atoms with Crippen LogP contribution in [0.3, 0.4) is 0 Å². The third-order valence-corrected chi connectivity index (χ3v) is 4.05. The number of anilines is 1. The Labute approximate surface area is 140 Å². The summed E-state index contributed by atoms with van der Waals surface area (Å²) in [6.07, 6.45) is 0. The van der Waals surface area contributed by atoms with Gasteiger partial charge >= 0.3 is 0 Å². The van der Waals surface area contributed by atoms with Gasteiger partial charge in [-0.15, -0.1) is 11.6 Å². The summed E-state index contributed by atoms with van der Waals surface area (Å²) >= 11 is 5.79. The maximum Gasteiger partial charge on any atom is 0.231 e. The molecule has 0 saturated carbocycles. The van der Waals surface area contributed by atoms with Crippen LogP contribution in [0.2, 0.25) is 0 Å². The Bertz CT molecular complexity index is 654. The second-order valence-corrected chi connectivity index (χ2v) is 6.18. The first-order valence-corrected chi connectivity index (χ1v) is 7.79. The Morgan fingerprint density at radius 1 is 1.13 bits per heavy atom. The minimum atomic E-state index is -0.619. The summed E-state index contributed by atoms with van der Waals surface area (Å²) in [4.78, 5) is 12.0. The van der Waals surface area contributed by atoms with Gasteiger partial charge in [0.25, 0.3) is 0 Å². The number of benzene rings is 2. The standard InChI is InChI=1S/C18H19ClFNO2/c1-18(2,12-19)17(22)21-15-7-3-13(4-8-15)11-23-16-9-5-14(20)6-10-16/h3-10H,11-12H2,1-2H3,(H,21,22). The lowest BCUT2D eigenvalue weighted by Crippen LogP contribution is -2.32. The van der Waals surface area contributed by atoms with Crippen LogP contribution >= 0.6 is 11.6 Å². The molecular weight excluding hydrogens is 317 g/mol. The number of ether oxygens (including phenoxy) is 1. The number of carbonyl (C=O) groups is 1. The van der Waals surface area contributed by atoms with Gasteiger partial charge in [0.05, 0.1) is 5.41 Å². The first kappa shape index (κ1) is 17.3. The zero-order chi connectivity index (χ0) is 16.9. The van der Waals surface area contributed by atoms with E-state index >= 15 is 0 Å². The van der Waals surface area contributed by atoms with Crippen molar-refractivity contribution < 1.29 is 13.9 Å². The van der Waals surface area contributed by atoms with E-state index in [4.69, 9.17) is 16.3 Å². The van der Waals surface area contributed by atoms with Crippen molar-refractivity contribution >= 4 is 23.2 Å². The zero-order valence-corrected chi connectivity index (χ0v) is 13.9. The first-order valence-electron chi connectivity index (χ1n) is 7.25. The van der Waals surface area contributed by atoms with Crippen LogP contribution in [0.25, 0.3) is 0 Å². The van der Waals surface area contributed by atoms with E-state index in [1.165, 1.54) is 12.1 Å². The summed E-state index contributed by atoms with van der Waals surface area (Å²) in [5, 5.41) is 2.83. The van der Waals surface area contributed by atoms with Crippen molar-refractivity contribution in [3.63, 3.8) is 0 Å². The monoisotopic (exact) mass is 335 g/mol. The van der Waals surface area contributed by atoms with Gasteiger partial charge in [-0.25, -0.2) is 4.39 Å². The van der Waals surface area contributed by atoms with Crippen LogP contribution in [0.4, 0.5) is 10.1 Å². The fraction of sp³-hybridized carbons (Fsp3) is 0.278. The van der Waals surface area contributed by atoms with Crippen LogP contribution in [0.15, 0.2) is 48.5 Å². The lowest BCUT2D eigenvalue weighted by molar-refractivity contribution is -0.122. The minimum absolute atomic E-state index is 0.122. The van der Waals surface area contributed by atoms with Crippen molar-refractivity contribution in [2.24, 2.45) is 5.41 Å². The van der Waals surface area contributed by atoms with Gasteiger partial charge in [-0.05, 0) is 55.8 Å². The van der Waals surface area contributed by atoms with Crippen molar-refractivity contribution in [2.45, 2.75) is 20.5 Å². The van der Waals surface area contributed by atoms with Gasteiger partial charge in [0, 0.05) is 11.6 Å². The Morgan fingerprint density at radius 2 is 1.74 bits per heavy atom. The van der Waals surface area contributed by atoms with Gasteiger partial charge in [-0.1, -0.05) is 12.1 Å². The van der Waals surface area contributed by atoms with Crippen LogP contribution in [-0.2, 0) is 11.4 Å². The van der Waals surface area contributed by atoms with Crippen molar-refractivity contribution in [2.75, 3.05) is 11.2 Å². The molecule has 0 atom stereocenters. The molecule has 0 aromatic heterocycles. The SMILES string of the molecule is CC(C)(CCl)C(=O)Nc1ccc(COc2ccc(F)cc2)cc1. The molecule has 0 aliphatic heterocycles. The van der Waals surface area contributed by atoms with E-state index in [9.17, 15) is 9.18 Å². The molecule has 2 aromatic rings. The summed E-state index contributed by atoms with van der Waals surface area (Å²) in [6, 6.07) is 13.2. The normalized spacial score (nSPS) is 11.1. The number of alkyl halides is 1. The second-order valence-electron chi connectivity index (χ2n) is 5.91. The minimum Gasteiger partial charge on any atom is -0.489 e. The van der Waals surface area contributed by atoms with E-state index in [-0.39, 0.29) is 17.6 Å². The summed E-state index contributed by atoms with van der Waals surface area (Å²) in [7, 11) is 0. The maximum atomic E-state index is 12.8. The van der Waals surface area contributed by atoms with E-state index in [2.05, 4.69) is 5.32 Å². The van der Waals surface area contributed by atoms with E-state index in [0.29, 0.717) is 18.0 Å². The fourth-order valence-corrected chi connectivity index (χ4v) is 1.86.